The van der Waals surface area contributed by atoms with Gasteiger partial charge in [-0.2, -0.15) is 0 Å². The standard InChI is InChI=1S/C15H13N3/c1-10-11-6-3-4-7-12(11)18-13-8-5-9-16-14(13)17(2)15(10)18/h3-9,15H,1H2,2H3/t15-/m1/s1. The van der Waals surface area contributed by atoms with E-state index in [4.69, 9.17) is 0 Å². The Hall–Kier alpha value is -2.29. The van der Waals surface area contributed by atoms with E-state index in [1.807, 2.05) is 12.3 Å². The molecule has 0 saturated heterocycles. The number of pyridine rings is 1. The molecule has 0 saturated carbocycles. The van der Waals surface area contributed by atoms with E-state index >= 15 is 0 Å². The van der Waals surface area contributed by atoms with Gasteiger partial charge >= 0.3 is 0 Å². The van der Waals surface area contributed by atoms with Gasteiger partial charge in [-0.05, 0) is 23.8 Å². The summed E-state index contributed by atoms with van der Waals surface area (Å²) in [6.45, 7) is 4.26. The van der Waals surface area contributed by atoms with Crippen molar-refractivity contribution in [3.63, 3.8) is 0 Å². The van der Waals surface area contributed by atoms with Crippen molar-refractivity contribution in [1.82, 2.24) is 4.98 Å². The van der Waals surface area contributed by atoms with Crippen LogP contribution in [0.2, 0.25) is 0 Å². The van der Waals surface area contributed by atoms with Crippen LogP contribution in [-0.4, -0.2) is 18.2 Å². The average Bonchev–Trinajstić information content (AvgIpc) is 2.87. The maximum absolute atomic E-state index is 4.47. The van der Waals surface area contributed by atoms with Crippen molar-refractivity contribution in [2.45, 2.75) is 6.17 Å². The molecule has 18 heavy (non-hydrogen) atoms. The van der Waals surface area contributed by atoms with Gasteiger partial charge in [-0.3, -0.25) is 0 Å². The smallest absolute Gasteiger partial charge is 0.154 e. The van der Waals surface area contributed by atoms with Crippen LogP contribution in [0, 0.1) is 0 Å². The molecular formula is C15H13N3. The summed E-state index contributed by atoms with van der Waals surface area (Å²) < 4.78 is 0. The Morgan fingerprint density at radius 2 is 1.89 bits per heavy atom. The lowest BCUT2D eigenvalue weighted by Gasteiger charge is -2.23. The van der Waals surface area contributed by atoms with Gasteiger partial charge in [0.1, 0.15) is 6.17 Å². The van der Waals surface area contributed by atoms with E-state index in [0.29, 0.717) is 0 Å². The third-order valence-corrected chi connectivity index (χ3v) is 3.79. The van der Waals surface area contributed by atoms with E-state index in [0.717, 1.165) is 17.1 Å². The maximum Gasteiger partial charge on any atom is 0.154 e. The zero-order valence-corrected chi connectivity index (χ0v) is 10.2. The molecular weight excluding hydrogens is 222 g/mol. The highest BCUT2D eigenvalue weighted by atomic mass is 15.4. The SMILES string of the molecule is C=C1c2ccccc2N2c3cccnc3N(C)[C@@H]12. The Morgan fingerprint density at radius 1 is 1.11 bits per heavy atom. The zero-order chi connectivity index (χ0) is 12.3. The molecule has 0 radical (unpaired) electrons. The first-order valence-electron chi connectivity index (χ1n) is 6.04. The Labute approximate surface area is 106 Å². The number of hydrogen-bond acceptors (Lipinski definition) is 3. The summed E-state index contributed by atoms with van der Waals surface area (Å²) in [7, 11) is 2.08. The van der Waals surface area contributed by atoms with Crippen LogP contribution in [0.3, 0.4) is 0 Å². The molecule has 0 spiro atoms. The third-order valence-electron chi connectivity index (χ3n) is 3.79. The van der Waals surface area contributed by atoms with Crippen LogP contribution in [-0.2, 0) is 0 Å². The molecule has 0 aliphatic carbocycles. The van der Waals surface area contributed by atoms with Gasteiger partial charge in [0.05, 0.1) is 11.4 Å². The molecule has 0 N–H and O–H groups in total. The Bertz CT molecular complexity index is 662. The second-order valence-corrected chi connectivity index (χ2v) is 4.74. The van der Waals surface area contributed by atoms with Crippen molar-refractivity contribution in [2.24, 2.45) is 0 Å². The number of likely N-dealkylation sites (N-methyl/N-ethyl adjacent to an activating group) is 1. The predicted octanol–water partition coefficient (Wildman–Crippen LogP) is 3.02. The number of rotatable bonds is 0. The average molecular weight is 235 g/mol. The lowest BCUT2D eigenvalue weighted by Crippen LogP contribution is -2.35. The molecule has 3 nitrogen and oxygen atoms in total. The molecule has 1 aromatic carbocycles. The molecule has 1 atom stereocenters. The van der Waals surface area contributed by atoms with Gasteiger partial charge in [-0.25, -0.2) is 4.98 Å². The first-order chi connectivity index (χ1) is 8.79. The fourth-order valence-electron chi connectivity index (χ4n) is 3.01. The molecule has 1 aromatic heterocycles. The van der Waals surface area contributed by atoms with Gasteiger partial charge in [0.15, 0.2) is 5.82 Å². The highest BCUT2D eigenvalue weighted by Gasteiger charge is 2.43. The van der Waals surface area contributed by atoms with E-state index in [9.17, 15) is 0 Å². The maximum atomic E-state index is 4.47. The van der Waals surface area contributed by atoms with E-state index in [1.165, 1.54) is 11.3 Å². The van der Waals surface area contributed by atoms with Crippen LogP contribution >= 0.6 is 0 Å². The Kier molecular flexibility index (Phi) is 1.69. The molecule has 2 aliphatic heterocycles. The van der Waals surface area contributed by atoms with Crippen LogP contribution in [0.25, 0.3) is 5.57 Å². The quantitative estimate of drug-likeness (QED) is 0.699. The van der Waals surface area contributed by atoms with E-state index in [-0.39, 0.29) is 6.17 Å². The molecule has 0 fully saturated rings. The molecule has 0 bridgehead atoms. The molecule has 0 amide bonds. The molecule has 2 aromatic rings. The number of nitrogens with zero attached hydrogens (tertiary/aromatic N) is 3. The second-order valence-electron chi connectivity index (χ2n) is 4.74. The van der Waals surface area contributed by atoms with Crippen LogP contribution in [0.5, 0.6) is 0 Å². The van der Waals surface area contributed by atoms with Crippen molar-refractivity contribution in [1.29, 1.82) is 0 Å². The zero-order valence-electron chi connectivity index (χ0n) is 10.2. The topological polar surface area (TPSA) is 19.4 Å². The summed E-state index contributed by atoms with van der Waals surface area (Å²) in [5.74, 6) is 1.03. The Balaban J connectivity index is 2.01. The minimum absolute atomic E-state index is 0.173. The van der Waals surface area contributed by atoms with E-state index in [2.05, 4.69) is 58.7 Å². The minimum Gasteiger partial charge on any atom is -0.333 e. The fourth-order valence-corrected chi connectivity index (χ4v) is 3.01. The molecule has 88 valence electrons. The summed E-state index contributed by atoms with van der Waals surface area (Å²) in [6, 6.07) is 12.5. The van der Waals surface area contributed by atoms with Crippen molar-refractivity contribution in [3.8, 4) is 0 Å². The third kappa shape index (κ3) is 0.973. The van der Waals surface area contributed by atoms with Crippen molar-refractivity contribution in [2.75, 3.05) is 16.8 Å². The van der Waals surface area contributed by atoms with Gasteiger partial charge in [-0.15, -0.1) is 0 Å². The van der Waals surface area contributed by atoms with E-state index < -0.39 is 0 Å². The summed E-state index contributed by atoms with van der Waals surface area (Å²) >= 11 is 0. The van der Waals surface area contributed by atoms with Gasteiger partial charge in [0.2, 0.25) is 0 Å². The first kappa shape index (κ1) is 9.71. The van der Waals surface area contributed by atoms with Crippen LogP contribution in [0.1, 0.15) is 5.56 Å². The van der Waals surface area contributed by atoms with Crippen LogP contribution in [0.15, 0.2) is 49.2 Å². The lowest BCUT2D eigenvalue weighted by atomic mass is 10.1. The Morgan fingerprint density at radius 3 is 2.78 bits per heavy atom. The number of para-hydroxylation sites is 1. The first-order valence-corrected chi connectivity index (χ1v) is 6.04. The molecule has 2 aliphatic rings. The van der Waals surface area contributed by atoms with Gasteiger partial charge in [0, 0.05) is 18.8 Å². The van der Waals surface area contributed by atoms with Gasteiger partial charge in [-0.1, -0.05) is 24.8 Å². The van der Waals surface area contributed by atoms with Gasteiger partial charge in [0.25, 0.3) is 0 Å². The highest BCUT2D eigenvalue weighted by Crippen LogP contribution is 2.52. The van der Waals surface area contributed by atoms with Crippen LogP contribution in [0.4, 0.5) is 17.2 Å². The molecule has 0 unspecified atom stereocenters. The number of benzene rings is 1. The summed E-state index contributed by atoms with van der Waals surface area (Å²) in [5.41, 5.74) is 4.78. The highest BCUT2D eigenvalue weighted by molar-refractivity contribution is 5.98. The number of fused-ring (bicyclic) bond motifs is 5. The summed E-state index contributed by atoms with van der Waals surface area (Å²) in [4.78, 5) is 8.98. The van der Waals surface area contributed by atoms with Crippen molar-refractivity contribution >= 4 is 22.8 Å². The number of anilines is 3. The fraction of sp³-hybridized carbons (Fsp3) is 0.133. The monoisotopic (exact) mass is 235 g/mol. The number of aromatic nitrogens is 1. The lowest BCUT2D eigenvalue weighted by molar-refractivity contribution is 0.836. The molecule has 3 heterocycles. The van der Waals surface area contributed by atoms with E-state index in [1.54, 1.807) is 0 Å². The molecule has 3 heteroatoms. The molecule has 4 rings (SSSR count). The van der Waals surface area contributed by atoms with Crippen molar-refractivity contribution in [3.05, 3.63) is 54.7 Å². The predicted molar refractivity (Wildman–Crippen MR) is 74.0 cm³/mol. The minimum atomic E-state index is 0.173. The summed E-state index contributed by atoms with van der Waals surface area (Å²) in [6.07, 6.45) is 2.01. The normalized spacial score (nSPS) is 19.8. The summed E-state index contributed by atoms with van der Waals surface area (Å²) in [5, 5.41) is 0. The van der Waals surface area contributed by atoms with Crippen molar-refractivity contribution < 1.29 is 0 Å². The van der Waals surface area contributed by atoms with Gasteiger partial charge < -0.3 is 9.80 Å². The van der Waals surface area contributed by atoms with Crippen LogP contribution < -0.4 is 9.80 Å². The number of hydrogen-bond donors (Lipinski definition) is 0. The largest absolute Gasteiger partial charge is 0.333 e. The second kappa shape index (κ2) is 3.13.